The Hall–Kier alpha value is -3.16. The molecule has 0 radical (unpaired) electrons. The number of nitrogens with two attached hydrogens (primary N) is 1. The van der Waals surface area contributed by atoms with Gasteiger partial charge in [0, 0.05) is 12.0 Å². The van der Waals surface area contributed by atoms with Crippen LogP contribution < -0.4 is 5.73 Å². The molecule has 0 bridgehead atoms. The lowest BCUT2D eigenvalue weighted by Crippen LogP contribution is -2.14. The van der Waals surface area contributed by atoms with Crippen LogP contribution in [0.1, 0.15) is 30.5 Å². The van der Waals surface area contributed by atoms with Crippen LogP contribution in [-0.2, 0) is 12.0 Å². The van der Waals surface area contributed by atoms with E-state index in [1.807, 2.05) is 0 Å². The van der Waals surface area contributed by atoms with Crippen LogP contribution in [0.3, 0.4) is 0 Å². The molecule has 4 aromatic carbocycles. The first-order valence-corrected chi connectivity index (χ1v) is 10.2. The topological polar surface area (TPSA) is 26.0 Å². The van der Waals surface area contributed by atoms with Crippen molar-refractivity contribution in [2.24, 2.45) is 5.73 Å². The summed E-state index contributed by atoms with van der Waals surface area (Å²) in [5.41, 5.74) is 17.5. The standard InChI is InChI=1S/C28H25N/c1-28(2)26-6-4-3-5-24(26)25-17-23(15-16-27(25)28)22-13-11-21(12-14-22)20-9-7-19(18-29)8-10-20/h3-17H,18,29H2,1-2H3. The summed E-state index contributed by atoms with van der Waals surface area (Å²) in [5, 5.41) is 0. The highest BCUT2D eigenvalue weighted by Gasteiger charge is 2.34. The van der Waals surface area contributed by atoms with E-state index in [1.54, 1.807) is 0 Å². The minimum Gasteiger partial charge on any atom is -0.326 e. The fourth-order valence-electron chi connectivity index (χ4n) is 4.59. The van der Waals surface area contributed by atoms with Crippen molar-refractivity contribution < 1.29 is 0 Å². The van der Waals surface area contributed by atoms with Crippen molar-refractivity contribution in [1.82, 2.24) is 0 Å². The van der Waals surface area contributed by atoms with Crippen LogP contribution in [0.5, 0.6) is 0 Å². The van der Waals surface area contributed by atoms with Gasteiger partial charge in [-0.15, -0.1) is 0 Å². The van der Waals surface area contributed by atoms with E-state index in [-0.39, 0.29) is 5.41 Å². The number of rotatable bonds is 3. The quantitative estimate of drug-likeness (QED) is 0.419. The number of benzene rings is 4. The summed E-state index contributed by atoms with van der Waals surface area (Å²) in [4.78, 5) is 0. The SMILES string of the molecule is CC1(C)c2ccccc2-c2cc(-c3ccc(-c4ccc(CN)cc4)cc3)ccc21. The zero-order chi connectivity index (χ0) is 20.0. The van der Waals surface area contributed by atoms with Crippen LogP contribution in [-0.4, -0.2) is 0 Å². The summed E-state index contributed by atoms with van der Waals surface area (Å²) in [6.45, 7) is 5.22. The molecule has 0 aliphatic heterocycles. The van der Waals surface area contributed by atoms with Crippen molar-refractivity contribution in [3.05, 3.63) is 108 Å². The van der Waals surface area contributed by atoms with Crippen molar-refractivity contribution in [3.8, 4) is 33.4 Å². The lowest BCUT2D eigenvalue weighted by atomic mass is 9.82. The average molecular weight is 376 g/mol. The third kappa shape index (κ3) is 2.90. The number of hydrogen-bond acceptors (Lipinski definition) is 1. The minimum atomic E-state index is 0.0595. The zero-order valence-corrected chi connectivity index (χ0v) is 16.9. The Balaban J connectivity index is 1.52. The van der Waals surface area contributed by atoms with Gasteiger partial charge < -0.3 is 5.73 Å². The van der Waals surface area contributed by atoms with Crippen LogP contribution in [0.2, 0.25) is 0 Å². The normalized spacial score (nSPS) is 13.8. The van der Waals surface area contributed by atoms with Gasteiger partial charge in [0.2, 0.25) is 0 Å². The second kappa shape index (κ2) is 6.72. The predicted octanol–water partition coefficient (Wildman–Crippen LogP) is 6.79. The lowest BCUT2D eigenvalue weighted by Gasteiger charge is -2.21. The molecule has 1 heteroatoms. The van der Waals surface area contributed by atoms with E-state index in [0.717, 1.165) is 5.56 Å². The highest BCUT2D eigenvalue weighted by molar-refractivity contribution is 5.84. The maximum atomic E-state index is 5.71. The van der Waals surface area contributed by atoms with Gasteiger partial charge in [-0.05, 0) is 56.1 Å². The Morgan fingerprint density at radius 2 is 1.10 bits per heavy atom. The molecule has 0 unspecified atom stereocenters. The second-order valence-electron chi connectivity index (χ2n) is 8.41. The van der Waals surface area contributed by atoms with Gasteiger partial charge in [0.1, 0.15) is 0 Å². The molecule has 0 amide bonds. The Morgan fingerprint density at radius 1 is 0.586 bits per heavy atom. The number of hydrogen-bond donors (Lipinski definition) is 1. The third-order valence-electron chi connectivity index (χ3n) is 6.32. The Bertz CT molecular complexity index is 1180. The largest absolute Gasteiger partial charge is 0.326 e. The van der Waals surface area contributed by atoms with Crippen LogP contribution in [0.15, 0.2) is 91.0 Å². The molecule has 0 saturated heterocycles. The van der Waals surface area contributed by atoms with E-state index in [4.69, 9.17) is 5.73 Å². The summed E-state index contributed by atoms with van der Waals surface area (Å²) >= 11 is 0. The smallest absolute Gasteiger partial charge is 0.0178 e. The maximum absolute atomic E-state index is 5.71. The van der Waals surface area contributed by atoms with Gasteiger partial charge in [-0.2, -0.15) is 0 Å². The molecule has 142 valence electrons. The van der Waals surface area contributed by atoms with Gasteiger partial charge in [-0.3, -0.25) is 0 Å². The third-order valence-corrected chi connectivity index (χ3v) is 6.32. The van der Waals surface area contributed by atoms with E-state index in [0.29, 0.717) is 6.54 Å². The summed E-state index contributed by atoms with van der Waals surface area (Å²) in [7, 11) is 0. The van der Waals surface area contributed by atoms with Gasteiger partial charge in [0.05, 0.1) is 0 Å². The molecule has 0 aromatic heterocycles. The molecule has 5 rings (SSSR count). The molecule has 0 saturated carbocycles. The molecule has 29 heavy (non-hydrogen) atoms. The molecule has 4 aromatic rings. The van der Waals surface area contributed by atoms with Crippen LogP contribution in [0.4, 0.5) is 0 Å². The summed E-state index contributed by atoms with van der Waals surface area (Å²) in [6.07, 6.45) is 0. The van der Waals surface area contributed by atoms with Crippen LogP contribution in [0, 0.1) is 0 Å². The molecule has 0 fully saturated rings. The maximum Gasteiger partial charge on any atom is 0.0178 e. The van der Waals surface area contributed by atoms with Gasteiger partial charge >= 0.3 is 0 Å². The molecule has 1 aliphatic carbocycles. The Kier molecular flexibility index (Phi) is 4.15. The minimum absolute atomic E-state index is 0.0595. The van der Waals surface area contributed by atoms with Crippen molar-refractivity contribution in [1.29, 1.82) is 0 Å². The predicted molar refractivity (Wildman–Crippen MR) is 123 cm³/mol. The lowest BCUT2D eigenvalue weighted by molar-refractivity contribution is 0.660. The molecule has 0 heterocycles. The first-order valence-electron chi connectivity index (χ1n) is 10.2. The van der Waals surface area contributed by atoms with Gasteiger partial charge in [0.25, 0.3) is 0 Å². The van der Waals surface area contributed by atoms with E-state index in [2.05, 4.69) is 105 Å². The summed E-state index contributed by atoms with van der Waals surface area (Å²) in [5.74, 6) is 0. The molecule has 0 atom stereocenters. The number of fused-ring (bicyclic) bond motifs is 3. The van der Waals surface area contributed by atoms with Gasteiger partial charge in [-0.1, -0.05) is 98.8 Å². The molecule has 1 nitrogen and oxygen atoms in total. The molecule has 2 N–H and O–H groups in total. The second-order valence-corrected chi connectivity index (χ2v) is 8.41. The first-order chi connectivity index (χ1) is 14.1. The van der Waals surface area contributed by atoms with Crippen molar-refractivity contribution >= 4 is 0 Å². The average Bonchev–Trinajstić information content (AvgIpc) is 3.01. The monoisotopic (exact) mass is 375 g/mol. The van der Waals surface area contributed by atoms with E-state index in [1.165, 1.54) is 44.5 Å². The first kappa shape index (κ1) is 17.9. The van der Waals surface area contributed by atoms with Crippen molar-refractivity contribution in [2.45, 2.75) is 25.8 Å². The molecule has 0 spiro atoms. The van der Waals surface area contributed by atoms with Crippen molar-refractivity contribution in [2.75, 3.05) is 0 Å². The van der Waals surface area contributed by atoms with Crippen molar-refractivity contribution in [3.63, 3.8) is 0 Å². The van der Waals surface area contributed by atoms with E-state index >= 15 is 0 Å². The molecular formula is C28H25N. The Morgan fingerprint density at radius 3 is 1.76 bits per heavy atom. The van der Waals surface area contributed by atoms with Crippen LogP contribution in [0.25, 0.3) is 33.4 Å². The summed E-state index contributed by atoms with van der Waals surface area (Å²) < 4.78 is 0. The summed E-state index contributed by atoms with van der Waals surface area (Å²) in [6, 6.07) is 33.1. The zero-order valence-electron chi connectivity index (χ0n) is 16.9. The fraction of sp³-hybridized carbons (Fsp3) is 0.143. The van der Waals surface area contributed by atoms with Gasteiger partial charge in [0.15, 0.2) is 0 Å². The van der Waals surface area contributed by atoms with Gasteiger partial charge in [-0.25, -0.2) is 0 Å². The Labute approximate surface area is 172 Å². The molecular weight excluding hydrogens is 350 g/mol. The highest BCUT2D eigenvalue weighted by Crippen LogP contribution is 2.49. The highest BCUT2D eigenvalue weighted by atomic mass is 14.5. The molecule has 1 aliphatic rings. The van der Waals surface area contributed by atoms with E-state index < -0.39 is 0 Å². The fourth-order valence-corrected chi connectivity index (χ4v) is 4.59. The van der Waals surface area contributed by atoms with E-state index in [9.17, 15) is 0 Å². The van der Waals surface area contributed by atoms with Crippen LogP contribution >= 0.6 is 0 Å².